The highest BCUT2D eigenvalue weighted by atomic mass is 35.5. The molecule has 3 aromatic rings. The molecule has 2 heterocycles. The van der Waals surface area contributed by atoms with E-state index in [-0.39, 0.29) is 22.1 Å². The summed E-state index contributed by atoms with van der Waals surface area (Å²) in [7, 11) is 0. The summed E-state index contributed by atoms with van der Waals surface area (Å²) in [6, 6.07) is 5.68. The van der Waals surface area contributed by atoms with E-state index in [2.05, 4.69) is 15.4 Å². The fraction of sp³-hybridized carbons (Fsp3) is 0.188. The van der Waals surface area contributed by atoms with Gasteiger partial charge in [-0.1, -0.05) is 29.3 Å². The van der Waals surface area contributed by atoms with Gasteiger partial charge in [0.15, 0.2) is 11.3 Å². The number of carbonyl (C=O) groups excluding carboxylic acids is 1. The molecule has 26 heavy (non-hydrogen) atoms. The van der Waals surface area contributed by atoms with Crippen LogP contribution in [0.3, 0.4) is 0 Å². The molecule has 0 radical (unpaired) electrons. The number of rotatable bonds is 2. The number of hydrogen-bond donors (Lipinski definition) is 1. The molecule has 1 N–H and O–H groups in total. The average molecular weight is 403 g/mol. The zero-order chi connectivity index (χ0) is 19.2. The number of hydrogen-bond acceptors (Lipinski definition) is 3. The molecule has 136 valence electrons. The predicted octanol–water partition coefficient (Wildman–Crippen LogP) is 4.92. The zero-order valence-electron chi connectivity index (χ0n) is 13.4. The van der Waals surface area contributed by atoms with Gasteiger partial charge in [-0.25, -0.2) is 9.50 Å². The van der Waals surface area contributed by atoms with Crippen LogP contribution >= 0.6 is 23.2 Å². The molecule has 5 nitrogen and oxygen atoms in total. The summed E-state index contributed by atoms with van der Waals surface area (Å²) in [5.74, 6) is -0.767. The number of anilines is 1. The van der Waals surface area contributed by atoms with E-state index in [1.807, 2.05) is 0 Å². The van der Waals surface area contributed by atoms with Crippen LogP contribution in [0.15, 0.2) is 24.3 Å². The molecule has 0 unspecified atom stereocenters. The van der Waals surface area contributed by atoms with Crippen molar-refractivity contribution in [2.45, 2.75) is 20.0 Å². The Balaban J connectivity index is 2.09. The van der Waals surface area contributed by atoms with Crippen LogP contribution in [-0.2, 0) is 6.18 Å². The maximum Gasteiger partial charge on any atom is 0.433 e. The number of aromatic nitrogens is 3. The SMILES string of the molecule is Cc1cc(C(F)(F)F)n2nc(C(=O)Nc3cc(Cl)ccc3C)c(Cl)c2n1. The molecule has 0 aliphatic heterocycles. The molecule has 0 spiro atoms. The van der Waals surface area contributed by atoms with Crippen molar-refractivity contribution < 1.29 is 18.0 Å². The highest BCUT2D eigenvalue weighted by Crippen LogP contribution is 2.32. The summed E-state index contributed by atoms with van der Waals surface area (Å²) < 4.78 is 40.2. The Hall–Kier alpha value is -2.32. The van der Waals surface area contributed by atoms with Gasteiger partial charge < -0.3 is 5.32 Å². The summed E-state index contributed by atoms with van der Waals surface area (Å²) in [5.41, 5.74) is -0.464. The second kappa shape index (κ2) is 6.44. The normalized spacial score (nSPS) is 11.8. The summed E-state index contributed by atoms with van der Waals surface area (Å²) in [4.78, 5) is 16.4. The third kappa shape index (κ3) is 3.34. The van der Waals surface area contributed by atoms with Crippen LogP contribution in [0.25, 0.3) is 5.65 Å². The molecule has 0 atom stereocenters. The molecule has 2 aromatic heterocycles. The monoisotopic (exact) mass is 402 g/mol. The van der Waals surface area contributed by atoms with Crippen LogP contribution in [0.2, 0.25) is 10.0 Å². The molecule has 0 bridgehead atoms. The van der Waals surface area contributed by atoms with Crippen molar-refractivity contribution in [3.63, 3.8) is 0 Å². The van der Waals surface area contributed by atoms with Crippen molar-refractivity contribution in [1.29, 1.82) is 0 Å². The van der Waals surface area contributed by atoms with E-state index >= 15 is 0 Å². The van der Waals surface area contributed by atoms with Crippen LogP contribution < -0.4 is 5.32 Å². The van der Waals surface area contributed by atoms with Crippen molar-refractivity contribution in [3.05, 3.63) is 57.0 Å². The number of nitrogens with one attached hydrogen (secondary N) is 1. The lowest BCUT2D eigenvalue weighted by Gasteiger charge is -2.09. The number of benzene rings is 1. The largest absolute Gasteiger partial charge is 0.433 e. The van der Waals surface area contributed by atoms with E-state index in [1.54, 1.807) is 19.1 Å². The lowest BCUT2D eigenvalue weighted by molar-refractivity contribution is -0.142. The third-order valence-corrected chi connectivity index (χ3v) is 4.20. The van der Waals surface area contributed by atoms with Gasteiger partial charge in [0.05, 0.1) is 0 Å². The third-order valence-electron chi connectivity index (χ3n) is 3.61. The summed E-state index contributed by atoms with van der Waals surface area (Å²) in [6.45, 7) is 3.14. The van der Waals surface area contributed by atoms with Crippen molar-refractivity contribution in [2.75, 3.05) is 5.32 Å². The Bertz CT molecular complexity index is 1030. The van der Waals surface area contributed by atoms with Gasteiger partial charge in [-0.05, 0) is 37.6 Å². The second-order valence-electron chi connectivity index (χ2n) is 5.59. The van der Waals surface area contributed by atoms with Crippen LogP contribution in [0.5, 0.6) is 0 Å². The van der Waals surface area contributed by atoms with Gasteiger partial charge in [0.2, 0.25) is 0 Å². The first-order chi connectivity index (χ1) is 12.1. The molecule has 10 heteroatoms. The van der Waals surface area contributed by atoms with E-state index in [4.69, 9.17) is 23.2 Å². The Kier molecular flexibility index (Phi) is 4.58. The minimum absolute atomic E-state index is 0.101. The molecule has 0 saturated carbocycles. The molecular weight excluding hydrogens is 392 g/mol. The fourth-order valence-electron chi connectivity index (χ4n) is 2.37. The average Bonchev–Trinajstić information content (AvgIpc) is 2.86. The standard InChI is InChI=1S/C16H11Cl2F3N4O/c1-7-3-4-9(17)6-10(7)23-15(26)13-12(18)14-22-8(2)5-11(16(19,20)21)25(14)24-13/h3-6H,1-2H3,(H,23,26). The molecule has 0 fully saturated rings. The number of amides is 1. The zero-order valence-corrected chi connectivity index (χ0v) is 15.0. The number of nitrogens with zero attached hydrogens (tertiary/aromatic N) is 3. The van der Waals surface area contributed by atoms with Gasteiger partial charge in [-0.3, -0.25) is 4.79 Å². The highest BCUT2D eigenvalue weighted by molar-refractivity contribution is 6.37. The first-order valence-electron chi connectivity index (χ1n) is 7.28. The van der Waals surface area contributed by atoms with Crippen LogP contribution in [0.1, 0.15) is 27.4 Å². The van der Waals surface area contributed by atoms with E-state index in [0.717, 1.165) is 6.07 Å². The van der Waals surface area contributed by atoms with E-state index in [1.165, 1.54) is 13.0 Å². The lowest BCUT2D eigenvalue weighted by atomic mass is 10.2. The van der Waals surface area contributed by atoms with Crippen molar-refractivity contribution in [1.82, 2.24) is 14.6 Å². The minimum atomic E-state index is -4.68. The topological polar surface area (TPSA) is 59.3 Å². The number of fused-ring (bicyclic) bond motifs is 1. The minimum Gasteiger partial charge on any atom is -0.320 e. The van der Waals surface area contributed by atoms with E-state index in [0.29, 0.717) is 20.8 Å². The number of alkyl halides is 3. The van der Waals surface area contributed by atoms with Gasteiger partial charge in [-0.2, -0.15) is 18.3 Å². The van der Waals surface area contributed by atoms with E-state index in [9.17, 15) is 18.0 Å². The van der Waals surface area contributed by atoms with Gasteiger partial charge in [0.1, 0.15) is 10.7 Å². The highest BCUT2D eigenvalue weighted by Gasteiger charge is 2.36. The maximum atomic E-state index is 13.2. The number of carbonyl (C=O) groups is 1. The fourth-order valence-corrected chi connectivity index (χ4v) is 2.79. The molecule has 3 rings (SSSR count). The Morgan fingerprint density at radius 3 is 2.54 bits per heavy atom. The smallest absolute Gasteiger partial charge is 0.320 e. The summed E-state index contributed by atoms with van der Waals surface area (Å²) in [6.07, 6.45) is -4.68. The van der Waals surface area contributed by atoms with Gasteiger partial charge >= 0.3 is 6.18 Å². The Morgan fingerprint density at radius 1 is 1.19 bits per heavy atom. The van der Waals surface area contributed by atoms with E-state index < -0.39 is 17.8 Å². The first-order valence-corrected chi connectivity index (χ1v) is 8.04. The first kappa shape index (κ1) is 18.5. The number of halogens is 5. The summed E-state index contributed by atoms with van der Waals surface area (Å²) in [5, 5.41) is 6.40. The van der Waals surface area contributed by atoms with Crippen LogP contribution in [-0.4, -0.2) is 20.5 Å². The Morgan fingerprint density at radius 2 is 1.88 bits per heavy atom. The van der Waals surface area contributed by atoms with Gasteiger partial charge in [0, 0.05) is 16.4 Å². The van der Waals surface area contributed by atoms with Crippen molar-refractivity contribution in [3.8, 4) is 0 Å². The second-order valence-corrected chi connectivity index (χ2v) is 6.41. The Labute approximate surface area is 155 Å². The van der Waals surface area contributed by atoms with Crippen molar-refractivity contribution in [2.24, 2.45) is 0 Å². The molecule has 1 amide bonds. The number of aryl methyl sites for hydroxylation is 2. The lowest BCUT2D eigenvalue weighted by Crippen LogP contribution is -2.16. The quantitative estimate of drug-likeness (QED) is 0.661. The molecule has 0 aliphatic carbocycles. The van der Waals surface area contributed by atoms with Crippen molar-refractivity contribution >= 4 is 40.4 Å². The molecule has 1 aromatic carbocycles. The predicted molar refractivity (Wildman–Crippen MR) is 91.9 cm³/mol. The van der Waals surface area contributed by atoms with Crippen LogP contribution in [0, 0.1) is 13.8 Å². The molecule has 0 aliphatic rings. The van der Waals surface area contributed by atoms with Crippen LogP contribution in [0.4, 0.5) is 18.9 Å². The molecule has 0 saturated heterocycles. The molecular formula is C16H11Cl2F3N4O. The van der Waals surface area contributed by atoms with Gasteiger partial charge in [-0.15, -0.1) is 0 Å². The maximum absolute atomic E-state index is 13.2. The van der Waals surface area contributed by atoms with Gasteiger partial charge in [0.25, 0.3) is 5.91 Å². The summed E-state index contributed by atoms with van der Waals surface area (Å²) >= 11 is 12.0.